The van der Waals surface area contributed by atoms with E-state index in [0.29, 0.717) is 0 Å². The lowest BCUT2D eigenvalue weighted by Crippen LogP contribution is -2.48. The third kappa shape index (κ3) is 4.18. The van der Waals surface area contributed by atoms with E-state index < -0.39 is 5.97 Å². The Labute approximate surface area is 116 Å². The minimum absolute atomic E-state index is 0.142. The molecule has 2 fully saturated rings. The van der Waals surface area contributed by atoms with Gasteiger partial charge in [0.25, 0.3) is 0 Å². The van der Waals surface area contributed by atoms with Crippen molar-refractivity contribution in [3.05, 3.63) is 0 Å². The van der Waals surface area contributed by atoms with E-state index in [1.165, 1.54) is 19.3 Å². The molecule has 1 aliphatic carbocycles. The van der Waals surface area contributed by atoms with Crippen molar-refractivity contribution in [1.29, 1.82) is 0 Å². The van der Waals surface area contributed by atoms with E-state index in [2.05, 4.69) is 18.7 Å². The summed E-state index contributed by atoms with van der Waals surface area (Å²) in [5.41, 5.74) is 0. The number of rotatable bonds is 4. The van der Waals surface area contributed by atoms with Gasteiger partial charge in [-0.3, -0.25) is 4.90 Å². The number of carboxylic acid groups (broad SMARTS) is 1. The van der Waals surface area contributed by atoms with Crippen LogP contribution in [-0.4, -0.2) is 47.8 Å². The van der Waals surface area contributed by atoms with Crippen molar-refractivity contribution in [3.63, 3.8) is 0 Å². The number of aliphatic carboxylic acids is 1. The molecule has 1 saturated carbocycles. The Morgan fingerprint density at radius 2 is 1.89 bits per heavy atom. The number of likely N-dealkylation sites (tertiary alicyclic amines) is 1. The first-order valence-electron chi connectivity index (χ1n) is 7.63. The van der Waals surface area contributed by atoms with Gasteiger partial charge in [0.05, 0.1) is 6.10 Å². The summed E-state index contributed by atoms with van der Waals surface area (Å²) in [6.07, 6.45) is 6.14. The summed E-state index contributed by atoms with van der Waals surface area (Å²) in [5, 5.41) is 8.63. The molecule has 1 heterocycles. The fraction of sp³-hybridized carbons (Fsp3) is 0.933. The fourth-order valence-corrected chi connectivity index (χ4v) is 3.57. The molecule has 0 spiro atoms. The Morgan fingerprint density at radius 3 is 2.53 bits per heavy atom. The lowest BCUT2D eigenvalue weighted by atomic mass is 9.78. The molecule has 4 heteroatoms. The summed E-state index contributed by atoms with van der Waals surface area (Å²) >= 11 is 0. The Kier molecular flexibility index (Phi) is 5.22. The summed E-state index contributed by atoms with van der Waals surface area (Å²) < 4.78 is 5.40. The second-order valence-electron chi connectivity index (χ2n) is 6.40. The topological polar surface area (TPSA) is 49.8 Å². The number of piperidine rings is 1. The van der Waals surface area contributed by atoms with Crippen LogP contribution < -0.4 is 0 Å². The van der Waals surface area contributed by atoms with Crippen molar-refractivity contribution < 1.29 is 14.6 Å². The highest BCUT2D eigenvalue weighted by atomic mass is 16.5. The Morgan fingerprint density at radius 1 is 1.21 bits per heavy atom. The summed E-state index contributed by atoms with van der Waals surface area (Å²) in [7, 11) is 0. The molecule has 1 aliphatic heterocycles. The van der Waals surface area contributed by atoms with Gasteiger partial charge in [-0.05, 0) is 37.5 Å². The van der Waals surface area contributed by atoms with Crippen LogP contribution in [0.3, 0.4) is 0 Å². The van der Waals surface area contributed by atoms with Gasteiger partial charge in [0.1, 0.15) is 6.61 Å². The largest absolute Gasteiger partial charge is 0.480 e. The number of carbonyl (C=O) groups is 1. The van der Waals surface area contributed by atoms with Gasteiger partial charge >= 0.3 is 5.97 Å². The summed E-state index contributed by atoms with van der Waals surface area (Å²) in [4.78, 5) is 13.1. The number of hydrogen-bond acceptors (Lipinski definition) is 3. The molecule has 0 aromatic carbocycles. The standard InChI is InChI=1S/C15H27NO3/c1-11-3-4-12(2)14(9-11)16-7-5-13(6-8-16)19-10-15(17)18/h11-14H,3-10H2,1-2H3,(H,17,18). The molecule has 19 heavy (non-hydrogen) atoms. The van der Waals surface area contributed by atoms with Crippen LogP contribution in [0, 0.1) is 11.8 Å². The van der Waals surface area contributed by atoms with E-state index in [9.17, 15) is 4.79 Å². The van der Waals surface area contributed by atoms with Gasteiger partial charge in [-0.25, -0.2) is 4.79 Å². The lowest BCUT2D eigenvalue weighted by molar-refractivity contribution is -0.145. The molecule has 3 atom stereocenters. The van der Waals surface area contributed by atoms with Crippen molar-refractivity contribution in [2.24, 2.45) is 11.8 Å². The maximum atomic E-state index is 10.5. The van der Waals surface area contributed by atoms with Gasteiger partial charge < -0.3 is 9.84 Å². The minimum Gasteiger partial charge on any atom is -0.480 e. The normalized spacial score (nSPS) is 34.3. The molecule has 0 amide bonds. The molecule has 0 bridgehead atoms. The van der Waals surface area contributed by atoms with Gasteiger partial charge in [0.15, 0.2) is 0 Å². The van der Waals surface area contributed by atoms with E-state index in [0.717, 1.165) is 43.8 Å². The monoisotopic (exact) mass is 269 g/mol. The van der Waals surface area contributed by atoms with Crippen LogP contribution in [0.1, 0.15) is 46.0 Å². The number of ether oxygens (including phenoxy) is 1. The van der Waals surface area contributed by atoms with Gasteiger partial charge in [0.2, 0.25) is 0 Å². The number of carboxylic acids is 1. The predicted octanol–water partition coefficient (Wildman–Crippen LogP) is 2.38. The van der Waals surface area contributed by atoms with Crippen LogP contribution in [0.2, 0.25) is 0 Å². The molecule has 1 N–H and O–H groups in total. The zero-order valence-corrected chi connectivity index (χ0v) is 12.2. The number of hydrogen-bond donors (Lipinski definition) is 1. The summed E-state index contributed by atoms with van der Waals surface area (Å²) in [5.74, 6) is 0.784. The van der Waals surface area contributed by atoms with Crippen molar-refractivity contribution in [2.45, 2.75) is 58.1 Å². The quantitative estimate of drug-likeness (QED) is 0.851. The molecule has 4 nitrogen and oxygen atoms in total. The summed E-state index contributed by atoms with van der Waals surface area (Å²) in [6, 6.07) is 0.726. The third-order valence-corrected chi connectivity index (χ3v) is 4.80. The zero-order valence-electron chi connectivity index (χ0n) is 12.2. The first-order valence-corrected chi connectivity index (χ1v) is 7.63. The van der Waals surface area contributed by atoms with E-state index in [4.69, 9.17) is 9.84 Å². The third-order valence-electron chi connectivity index (χ3n) is 4.80. The van der Waals surface area contributed by atoms with Gasteiger partial charge in [-0.15, -0.1) is 0 Å². The molecule has 3 unspecified atom stereocenters. The highest BCUT2D eigenvalue weighted by molar-refractivity contribution is 5.68. The van der Waals surface area contributed by atoms with Crippen LogP contribution >= 0.6 is 0 Å². The van der Waals surface area contributed by atoms with Gasteiger partial charge in [-0.1, -0.05) is 20.3 Å². The Bertz CT molecular complexity index is 300. The van der Waals surface area contributed by atoms with Gasteiger partial charge in [0, 0.05) is 19.1 Å². The number of nitrogens with zero attached hydrogens (tertiary/aromatic N) is 1. The Hall–Kier alpha value is -0.610. The van der Waals surface area contributed by atoms with Crippen molar-refractivity contribution in [3.8, 4) is 0 Å². The van der Waals surface area contributed by atoms with E-state index in [1.54, 1.807) is 0 Å². The summed E-state index contributed by atoms with van der Waals surface area (Å²) in [6.45, 7) is 6.71. The molecule has 2 aliphatic rings. The molecule has 2 rings (SSSR count). The van der Waals surface area contributed by atoms with Crippen LogP contribution in [0.4, 0.5) is 0 Å². The van der Waals surface area contributed by atoms with Crippen LogP contribution in [0.15, 0.2) is 0 Å². The van der Waals surface area contributed by atoms with E-state index in [-0.39, 0.29) is 12.7 Å². The maximum Gasteiger partial charge on any atom is 0.329 e. The molecule has 1 saturated heterocycles. The fourth-order valence-electron chi connectivity index (χ4n) is 3.57. The highest BCUT2D eigenvalue weighted by Crippen LogP contribution is 2.33. The van der Waals surface area contributed by atoms with Crippen LogP contribution in [0.5, 0.6) is 0 Å². The molecule has 0 radical (unpaired) electrons. The lowest BCUT2D eigenvalue weighted by Gasteiger charge is -2.43. The van der Waals surface area contributed by atoms with Crippen molar-refractivity contribution >= 4 is 5.97 Å². The van der Waals surface area contributed by atoms with Crippen LogP contribution in [-0.2, 0) is 9.53 Å². The average molecular weight is 269 g/mol. The molecule has 0 aromatic rings. The average Bonchev–Trinajstić information content (AvgIpc) is 2.40. The minimum atomic E-state index is -0.864. The molecular weight excluding hydrogens is 242 g/mol. The molecule has 0 aromatic heterocycles. The van der Waals surface area contributed by atoms with E-state index in [1.807, 2.05) is 0 Å². The first-order chi connectivity index (χ1) is 9.06. The second kappa shape index (κ2) is 6.71. The van der Waals surface area contributed by atoms with Gasteiger partial charge in [-0.2, -0.15) is 0 Å². The Balaban J connectivity index is 1.77. The van der Waals surface area contributed by atoms with E-state index >= 15 is 0 Å². The first kappa shape index (κ1) is 14.8. The van der Waals surface area contributed by atoms with Crippen LogP contribution in [0.25, 0.3) is 0 Å². The van der Waals surface area contributed by atoms with Crippen molar-refractivity contribution in [1.82, 2.24) is 4.90 Å². The highest BCUT2D eigenvalue weighted by Gasteiger charge is 2.32. The maximum absolute atomic E-state index is 10.5. The SMILES string of the molecule is CC1CCC(C)C(N2CCC(OCC(=O)O)CC2)C1. The van der Waals surface area contributed by atoms with Crippen molar-refractivity contribution in [2.75, 3.05) is 19.7 Å². The molecule has 110 valence electrons. The second-order valence-corrected chi connectivity index (χ2v) is 6.40. The zero-order chi connectivity index (χ0) is 13.8. The smallest absolute Gasteiger partial charge is 0.329 e. The molecular formula is C15H27NO3. The predicted molar refractivity (Wildman–Crippen MR) is 74.1 cm³/mol.